The highest BCUT2D eigenvalue weighted by Crippen LogP contribution is 2.63. The van der Waals surface area contributed by atoms with Crippen LogP contribution in [0.1, 0.15) is 31.4 Å². The molecular formula is C13H14FNO. The lowest BCUT2D eigenvalue weighted by atomic mass is 9.88. The van der Waals surface area contributed by atoms with E-state index in [0.29, 0.717) is 0 Å². The summed E-state index contributed by atoms with van der Waals surface area (Å²) in [7, 11) is 0. The van der Waals surface area contributed by atoms with E-state index < -0.39 is 5.82 Å². The number of rotatable bonds is 2. The minimum absolute atomic E-state index is 0.0201. The predicted molar refractivity (Wildman–Crippen MR) is 58.3 cm³/mol. The van der Waals surface area contributed by atoms with Gasteiger partial charge in [-0.15, -0.1) is 0 Å². The van der Waals surface area contributed by atoms with Gasteiger partial charge in [0.15, 0.2) is 0 Å². The Hall–Kier alpha value is -1.40. The lowest BCUT2D eigenvalue weighted by Gasteiger charge is -2.18. The highest BCUT2D eigenvalue weighted by molar-refractivity contribution is 5.43. The number of aliphatic hydroxyl groups excluding tert-OH is 1. The van der Waals surface area contributed by atoms with Crippen molar-refractivity contribution in [1.82, 2.24) is 0 Å². The van der Waals surface area contributed by atoms with Crippen molar-refractivity contribution in [3.63, 3.8) is 0 Å². The van der Waals surface area contributed by atoms with Crippen molar-refractivity contribution in [2.75, 3.05) is 6.61 Å². The summed E-state index contributed by atoms with van der Waals surface area (Å²) in [4.78, 5) is 0. The molecule has 1 N–H and O–H groups in total. The first-order chi connectivity index (χ1) is 7.47. The Morgan fingerprint density at radius 1 is 1.50 bits per heavy atom. The molecule has 1 aliphatic carbocycles. The van der Waals surface area contributed by atoms with Gasteiger partial charge in [-0.25, -0.2) is 4.39 Å². The molecule has 0 amide bonds. The van der Waals surface area contributed by atoms with Gasteiger partial charge in [0.2, 0.25) is 0 Å². The van der Waals surface area contributed by atoms with Crippen LogP contribution in [0.15, 0.2) is 18.2 Å². The second kappa shape index (κ2) is 3.29. The molecule has 0 aromatic heterocycles. The zero-order chi connectivity index (χ0) is 12.0. The summed E-state index contributed by atoms with van der Waals surface area (Å²) in [5, 5.41) is 18.3. The summed E-state index contributed by atoms with van der Waals surface area (Å²) < 4.78 is 13.2. The summed E-state index contributed by atoms with van der Waals surface area (Å²) in [5.74, 6) is -0.502. The molecule has 2 nitrogen and oxygen atoms in total. The summed E-state index contributed by atoms with van der Waals surface area (Å²) in [6, 6.07) is 6.36. The van der Waals surface area contributed by atoms with Crippen molar-refractivity contribution < 1.29 is 9.50 Å². The quantitative estimate of drug-likeness (QED) is 0.829. The molecule has 0 bridgehead atoms. The van der Waals surface area contributed by atoms with E-state index in [1.165, 1.54) is 6.07 Å². The smallest absolute Gasteiger partial charge is 0.140 e. The molecule has 1 saturated carbocycles. The third kappa shape index (κ3) is 1.34. The van der Waals surface area contributed by atoms with E-state index in [0.717, 1.165) is 12.0 Å². The number of aliphatic hydroxyl groups is 1. The third-order valence-electron chi connectivity index (χ3n) is 3.82. The highest BCUT2D eigenvalue weighted by atomic mass is 19.1. The van der Waals surface area contributed by atoms with Crippen LogP contribution < -0.4 is 0 Å². The lowest BCUT2D eigenvalue weighted by Crippen LogP contribution is -2.19. The molecule has 1 atom stereocenters. The van der Waals surface area contributed by atoms with Crippen LogP contribution in [0.4, 0.5) is 4.39 Å². The van der Waals surface area contributed by atoms with E-state index in [4.69, 9.17) is 5.26 Å². The average molecular weight is 219 g/mol. The van der Waals surface area contributed by atoms with Gasteiger partial charge < -0.3 is 5.11 Å². The van der Waals surface area contributed by atoms with Crippen LogP contribution >= 0.6 is 0 Å². The minimum atomic E-state index is -0.502. The Balaban J connectivity index is 2.47. The van der Waals surface area contributed by atoms with E-state index in [-0.39, 0.29) is 23.0 Å². The molecule has 16 heavy (non-hydrogen) atoms. The third-order valence-corrected chi connectivity index (χ3v) is 3.82. The molecule has 2 rings (SSSR count). The van der Waals surface area contributed by atoms with Crippen molar-refractivity contribution in [3.8, 4) is 6.07 Å². The van der Waals surface area contributed by atoms with Crippen molar-refractivity contribution in [2.45, 2.75) is 25.7 Å². The fourth-order valence-electron chi connectivity index (χ4n) is 2.47. The number of nitriles is 1. The predicted octanol–water partition coefficient (Wildman–Crippen LogP) is 2.36. The average Bonchev–Trinajstić information content (AvgIpc) is 2.83. The summed E-state index contributed by atoms with van der Waals surface area (Å²) in [5.41, 5.74) is 0.629. The molecule has 0 spiro atoms. The molecule has 3 heteroatoms. The molecular weight excluding hydrogens is 205 g/mol. The Labute approximate surface area is 94.3 Å². The Kier molecular flexibility index (Phi) is 2.28. The molecule has 0 radical (unpaired) electrons. The first-order valence-corrected chi connectivity index (χ1v) is 5.28. The van der Waals surface area contributed by atoms with Gasteiger partial charge in [0.25, 0.3) is 0 Å². The standard InChI is InChI=1S/C13H14FNO/c1-12(2)7-13(12,8-16)10-3-4-11(14)9(5-10)6-15/h3-5,16H,7-8H2,1-2H3. The zero-order valence-electron chi connectivity index (χ0n) is 9.42. The van der Waals surface area contributed by atoms with E-state index in [9.17, 15) is 9.50 Å². The second-order valence-corrected chi connectivity index (χ2v) is 5.11. The Morgan fingerprint density at radius 3 is 2.56 bits per heavy atom. The van der Waals surface area contributed by atoms with E-state index >= 15 is 0 Å². The molecule has 84 valence electrons. The maximum atomic E-state index is 13.2. The summed E-state index contributed by atoms with van der Waals surface area (Å²) in [6.45, 7) is 4.17. The van der Waals surface area contributed by atoms with E-state index in [1.807, 2.05) is 6.07 Å². The molecule has 1 unspecified atom stereocenters. The van der Waals surface area contributed by atoms with Gasteiger partial charge in [-0.05, 0) is 29.5 Å². The first kappa shape index (κ1) is 11.1. The van der Waals surface area contributed by atoms with Crippen molar-refractivity contribution >= 4 is 0 Å². The van der Waals surface area contributed by atoms with Crippen LogP contribution in [0.3, 0.4) is 0 Å². The molecule has 1 aromatic carbocycles. The molecule has 0 heterocycles. The van der Waals surface area contributed by atoms with Crippen molar-refractivity contribution in [3.05, 3.63) is 35.1 Å². The van der Waals surface area contributed by atoms with Gasteiger partial charge in [0.05, 0.1) is 12.2 Å². The highest BCUT2D eigenvalue weighted by Gasteiger charge is 2.61. The van der Waals surface area contributed by atoms with Crippen molar-refractivity contribution in [2.24, 2.45) is 5.41 Å². The molecule has 1 aliphatic rings. The van der Waals surface area contributed by atoms with Crippen LogP contribution in [0.5, 0.6) is 0 Å². The Bertz CT molecular complexity index is 475. The van der Waals surface area contributed by atoms with Gasteiger partial charge in [-0.2, -0.15) is 5.26 Å². The normalized spacial score (nSPS) is 26.2. The fraction of sp³-hybridized carbons (Fsp3) is 0.462. The molecule has 1 fully saturated rings. The largest absolute Gasteiger partial charge is 0.395 e. The monoisotopic (exact) mass is 219 g/mol. The topological polar surface area (TPSA) is 44.0 Å². The number of hydrogen-bond donors (Lipinski definition) is 1. The van der Waals surface area contributed by atoms with Crippen LogP contribution in [0, 0.1) is 22.6 Å². The fourth-order valence-corrected chi connectivity index (χ4v) is 2.47. The van der Waals surface area contributed by atoms with Gasteiger partial charge in [0, 0.05) is 5.41 Å². The minimum Gasteiger partial charge on any atom is -0.395 e. The first-order valence-electron chi connectivity index (χ1n) is 5.28. The Morgan fingerprint density at radius 2 is 2.12 bits per heavy atom. The zero-order valence-corrected chi connectivity index (χ0v) is 9.42. The van der Waals surface area contributed by atoms with Gasteiger partial charge >= 0.3 is 0 Å². The summed E-state index contributed by atoms with van der Waals surface area (Å²) in [6.07, 6.45) is 0.868. The number of halogens is 1. The second-order valence-electron chi connectivity index (χ2n) is 5.11. The number of hydrogen-bond acceptors (Lipinski definition) is 2. The number of nitrogens with zero attached hydrogens (tertiary/aromatic N) is 1. The van der Waals surface area contributed by atoms with Crippen LogP contribution in [0.25, 0.3) is 0 Å². The van der Waals surface area contributed by atoms with Crippen LogP contribution in [-0.4, -0.2) is 11.7 Å². The summed E-state index contributed by atoms with van der Waals surface area (Å²) >= 11 is 0. The SMILES string of the molecule is CC1(C)CC1(CO)c1ccc(F)c(C#N)c1. The van der Waals surface area contributed by atoms with Crippen LogP contribution in [0.2, 0.25) is 0 Å². The molecule has 1 aromatic rings. The lowest BCUT2D eigenvalue weighted by molar-refractivity contribution is 0.231. The maximum absolute atomic E-state index is 13.2. The van der Waals surface area contributed by atoms with Gasteiger partial charge in [0.1, 0.15) is 11.9 Å². The van der Waals surface area contributed by atoms with Crippen LogP contribution in [-0.2, 0) is 5.41 Å². The maximum Gasteiger partial charge on any atom is 0.140 e. The van der Waals surface area contributed by atoms with Gasteiger partial charge in [-0.3, -0.25) is 0 Å². The van der Waals surface area contributed by atoms with E-state index in [1.54, 1.807) is 12.1 Å². The van der Waals surface area contributed by atoms with Crippen molar-refractivity contribution in [1.29, 1.82) is 5.26 Å². The molecule has 0 aliphatic heterocycles. The number of benzene rings is 1. The van der Waals surface area contributed by atoms with E-state index in [2.05, 4.69) is 13.8 Å². The van der Waals surface area contributed by atoms with Gasteiger partial charge in [-0.1, -0.05) is 19.9 Å². The molecule has 0 saturated heterocycles.